The van der Waals surface area contributed by atoms with Gasteiger partial charge in [-0.3, -0.25) is 15.1 Å². The lowest BCUT2D eigenvalue weighted by Crippen LogP contribution is -2.17. The van der Waals surface area contributed by atoms with Gasteiger partial charge in [-0.05, 0) is 49.8 Å². The number of carbonyl (C=O) groups excluding carboxylic acids is 1. The number of imidazole rings is 1. The number of rotatable bonds is 7. The highest BCUT2D eigenvalue weighted by Gasteiger charge is 2.13. The molecule has 1 amide bonds. The molecule has 4 aromatic rings. The Bertz CT molecular complexity index is 1160. The van der Waals surface area contributed by atoms with Crippen LogP contribution in [0.2, 0.25) is 0 Å². The van der Waals surface area contributed by atoms with E-state index >= 15 is 0 Å². The molecule has 4 aromatic heterocycles. The van der Waals surface area contributed by atoms with E-state index in [4.69, 9.17) is 0 Å². The topological polar surface area (TPSA) is 77.6 Å². The number of carbonyl (C=O) groups is 1. The van der Waals surface area contributed by atoms with E-state index in [0.717, 1.165) is 17.0 Å². The van der Waals surface area contributed by atoms with Gasteiger partial charge < -0.3 is 9.13 Å². The summed E-state index contributed by atoms with van der Waals surface area (Å²) in [5.74, 6) is -0.190. The maximum absolute atomic E-state index is 12.7. The van der Waals surface area contributed by atoms with Crippen LogP contribution in [0.5, 0.6) is 0 Å². The Labute approximate surface area is 178 Å². The van der Waals surface area contributed by atoms with Gasteiger partial charge in [-0.2, -0.15) is 0 Å². The molecular formula is C22H22N6OS. The molecule has 0 spiro atoms. The molecule has 8 heteroatoms. The first-order valence-electron chi connectivity index (χ1n) is 9.61. The maximum Gasteiger partial charge on any atom is 0.274 e. The van der Waals surface area contributed by atoms with Gasteiger partial charge in [0.15, 0.2) is 5.13 Å². The number of aromatic nitrogens is 5. The average molecular weight is 419 g/mol. The summed E-state index contributed by atoms with van der Waals surface area (Å²) in [7, 11) is 0. The van der Waals surface area contributed by atoms with Crippen LogP contribution in [-0.2, 0) is 6.54 Å². The van der Waals surface area contributed by atoms with Crippen LogP contribution in [0.25, 0.3) is 12.2 Å². The largest absolute Gasteiger partial charge is 0.339 e. The molecule has 0 bridgehead atoms. The first-order valence-corrected chi connectivity index (χ1v) is 10.5. The fraction of sp³-hybridized carbons (Fsp3) is 0.182. The van der Waals surface area contributed by atoms with Crippen LogP contribution in [0.15, 0.2) is 60.8 Å². The Morgan fingerprint density at radius 1 is 1.23 bits per heavy atom. The smallest absolute Gasteiger partial charge is 0.274 e. The van der Waals surface area contributed by atoms with Crippen molar-refractivity contribution in [3.05, 3.63) is 83.4 Å². The second-order valence-electron chi connectivity index (χ2n) is 7.09. The molecule has 0 aromatic carbocycles. The number of nitrogens with zero attached hydrogens (tertiary/aromatic N) is 5. The lowest BCUT2D eigenvalue weighted by molar-refractivity contribution is 0.101. The number of anilines is 1. The third kappa shape index (κ3) is 4.72. The van der Waals surface area contributed by atoms with Crippen molar-refractivity contribution in [3.8, 4) is 0 Å². The minimum atomic E-state index is -0.190. The van der Waals surface area contributed by atoms with Crippen LogP contribution in [0.1, 0.15) is 47.3 Å². The van der Waals surface area contributed by atoms with Gasteiger partial charge in [0.25, 0.3) is 5.91 Å². The van der Waals surface area contributed by atoms with Crippen LogP contribution in [0, 0.1) is 0 Å². The van der Waals surface area contributed by atoms with Crippen LogP contribution >= 0.6 is 11.3 Å². The van der Waals surface area contributed by atoms with E-state index in [0.29, 0.717) is 23.4 Å². The number of thiazole rings is 1. The van der Waals surface area contributed by atoms with E-state index in [-0.39, 0.29) is 5.91 Å². The van der Waals surface area contributed by atoms with Gasteiger partial charge in [-0.1, -0.05) is 6.07 Å². The SMILES string of the molecule is CC(C)n1cnc(C=Cc2csc(NC(=O)c3cccn3Cc3cccnc3)n2)c1. The number of nitrogens with one attached hydrogen (secondary N) is 1. The molecule has 0 radical (unpaired) electrons. The number of amides is 1. The average Bonchev–Trinajstić information content (AvgIpc) is 3.48. The summed E-state index contributed by atoms with van der Waals surface area (Å²) in [4.78, 5) is 25.7. The first kappa shape index (κ1) is 19.8. The van der Waals surface area contributed by atoms with Gasteiger partial charge in [0.05, 0.1) is 17.7 Å². The summed E-state index contributed by atoms with van der Waals surface area (Å²) in [6.07, 6.45) is 13.0. The molecule has 7 nitrogen and oxygen atoms in total. The second-order valence-corrected chi connectivity index (χ2v) is 7.95. The third-order valence-corrected chi connectivity index (χ3v) is 5.30. The van der Waals surface area contributed by atoms with Crippen molar-refractivity contribution in [1.82, 2.24) is 24.1 Å². The summed E-state index contributed by atoms with van der Waals surface area (Å²) in [5.41, 5.74) is 3.25. The van der Waals surface area contributed by atoms with E-state index in [1.54, 1.807) is 18.5 Å². The Morgan fingerprint density at radius 2 is 2.10 bits per heavy atom. The van der Waals surface area contributed by atoms with Crippen molar-refractivity contribution < 1.29 is 4.79 Å². The predicted molar refractivity (Wildman–Crippen MR) is 119 cm³/mol. The zero-order chi connectivity index (χ0) is 20.9. The summed E-state index contributed by atoms with van der Waals surface area (Å²) < 4.78 is 3.94. The van der Waals surface area contributed by atoms with Gasteiger partial charge in [-0.15, -0.1) is 11.3 Å². The van der Waals surface area contributed by atoms with Crippen molar-refractivity contribution in [2.45, 2.75) is 26.4 Å². The Morgan fingerprint density at radius 3 is 2.87 bits per heavy atom. The maximum atomic E-state index is 12.7. The zero-order valence-electron chi connectivity index (χ0n) is 16.8. The molecule has 0 aliphatic rings. The summed E-state index contributed by atoms with van der Waals surface area (Å²) >= 11 is 1.39. The Kier molecular flexibility index (Phi) is 5.85. The monoisotopic (exact) mass is 418 g/mol. The van der Waals surface area contributed by atoms with Gasteiger partial charge in [0.2, 0.25) is 0 Å². The normalized spacial score (nSPS) is 11.4. The van der Waals surface area contributed by atoms with Gasteiger partial charge in [0.1, 0.15) is 5.69 Å². The molecule has 0 unspecified atom stereocenters. The molecule has 4 heterocycles. The molecule has 0 saturated carbocycles. The standard InChI is InChI=1S/C22H22N6OS/c1-16(2)28-13-18(24-15-28)7-8-19-14-30-22(25-19)26-21(29)20-6-4-10-27(20)12-17-5-3-9-23-11-17/h3-11,13-16H,12H2,1-2H3,(H,25,26,29). The highest BCUT2D eigenvalue weighted by atomic mass is 32.1. The van der Waals surface area contributed by atoms with Crippen LogP contribution in [-0.4, -0.2) is 30.0 Å². The Hall–Kier alpha value is -3.52. The quantitative estimate of drug-likeness (QED) is 0.476. The summed E-state index contributed by atoms with van der Waals surface area (Å²) in [6.45, 7) is 4.80. The van der Waals surface area contributed by atoms with Crippen molar-refractivity contribution in [3.63, 3.8) is 0 Å². The zero-order valence-corrected chi connectivity index (χ0v) is 17.6. The molecule has 0 atom stereocenters. The number of pyridine rings is 1. The molecule has 0 aliphatic heterocycles. The summed E-state index contributed by atoms with van der Waals surface area (Å²) in [5, 5.41) is 5.35. The highest BCUT2D eigenvalue weighted by Crippen LogP contribution is 2.19. The van der Waals surface area contributed by atoms with E-state index in [9.17, 15) is 4.79 Å². The minimum absolute atomic E-state index is 0.190. The molecule has 0 aliphatic carbocycles. The van der Waals surface area contributed by atoms with E-state index in [2.05, 4.69) is 34.1 Å². The van der Waals surface area contributed by atoms with Crippen molar-refractivity contribution >= 4 is 34.5 Å². The summed E-state index contributed by atoms with van der Waals surface area (Å²) in [6, 6.07) is 7.90. The molecule has 0 fully saturated rings. The molecule has 30 heavy (non-hydrogen) atoms. The van der Waals surface area contributed by atoms with E-state index in [1.165, 1.54) is 11.3 Å². The predicted octanol–water partition coefficient (Wildman–Crippen LogP) is 4.59. The third-order valence-electron chi connectivity index (χ3n) is 4.52. The molecule has 1 N–H and O–H groups in total. The van der Waals surface area contributed by atoms with Crippen molar-refractivity contribution in [1.29, 1.82) is 0 Å². The van der Waals surface area contributed by atoms with E-state index in [1.807, 2.05) is 63.6 Å². The Balaban J connectivity index is 1.41. The fourth-order valence-electron chi connectivity index (χ4n) is 2.92. The minimum Gasteiger partial charge on any atom is -0.339 e. The highest BCUT2D eigenvalue weighted by molar-refractivity contribution is 7.14. The lowest BCUT2D eigenvalue weighted by Gasteiger charge is -2.08. The first-order chi connectivity index (χ1) is 14.6. The lowest BCUT2D eigenvalue weighted by atomic mass is 10.3. The number of hydrogen-bond donors (Lipinski definition) is 1. The van der Waals surface area contributed by atoms with E-state index < -0.39 is 0 Å². The second kappa shape index (κ2) is 8.87. The van der Waals surface area contributed by atoms with Crippen LogP contribution < -0.4 is 5.32 Å². The number of hydrogen-bond acceptors (Lipinski definition) is 5. The fourth-order valence-corrected chi connectivity index (χ4v) is 3.59. The van der Waals surface area contributed by atoms with Gasteiger partial charge >= 0.3 is 0 Å². The van der Waals surface area contributed by atoms with Gasteiger partial charge in [-0.25, -0.2) is 9.97 Å². The van der Waals surface area contributed by atoms with Crippen molar-refractivity contribution in [2.24, 2.45) is 0 Å². The molecular weight excluding hydrogens is 396 g/mol. The van der Waals surface area contributed by atoms with Crippen LogP contribution in [0.4, 0.5) is 5.13 Å². The molecule has 0 saturated heterocycles. The molecule has 152 valence electrons. The van der Waals surface area contributed by atoms with Crippen molar-refractivity contribution in [2.75, 3.05) is 5.32 Å². The molecule has 4 rings (SSSR count). The van der Waals surface area contributed by atoms with Gasteiger partial charge in [0, 0.05) is 42.8 Å². The van der Waals surface area contributed by atoms with Crippen LogP contribution in [0.3, 0.4) is 0 Å².